The van der Waals surface area contributed by atoms with Gasteiger partial charge in [0.2, 0.25) is 0 Å². The number of hydrogen-bond acceptors (Lipinski definition) is 4. The van der Waals surface area contributed by atoms with Crippen LogP contribution in [0, 0.1) is 0 Å². The molecular weight excluding hydrogens is 228 g/mol. The van der Waals surface area contributed by atoms with Crippen molar-refractivity contribution in [2.75, 3.05) is 5.73 Å². The van der Waals surface area contributed by atoms with Gasteiger partial charge in [-0.3, -0.25) is 9.78 Å². The van der Waals surface area contributed by atoms with Gasteiger partial charge < -0.3 is 11.1 Å². The molecule has 1 amide bonds. The molecule has 0 saturated carbocycles. The van der Waals surface area contributed by atoms with Gasteiger partial charge in [-0.25, -0.2) is 4.98 Å². The molecule has 0 aliphatic carbocycles. The minimum atomic E-state index is -0.252. The van der Waals surface area contributed by atoms with E-state index in [-0.39, 0.29) is 11.9 Å². The average Bonchev–Trinajstić information content (AvgIpc) is 2.39. The van der Waals surface area contributed by atoms with Crippen LogP contribution < -0.4 is 11.1 Å². The number of carbonyl (C=O) groups is 1. The highest BCUT2D eigenvalue weighted by molar-refractivity contribution is 5.92. The smallest absolute Gasteiger partial charge is 0.271 e. The second-order valence-electron chi connectivity index (χ2n) is 3.96. The Morgan fingerprint density at radius 3 is 2.89 bits per heavy atom. The number of nitrogen functional groups attached to an aromatic ring is 1. The Morgan fingerprint density at radius 2 is 2.22 bits per heavy atom. The van der Waals surface area contributed by atoms with E-state index in [1.54, 1.807) is 6.07 Å². The molecular formula is C13H14N4O. The molecule has 0 saturated heterocycles. The Kier molecular flexibility index (Phi) is 3.52. The summed E-state index contributed by atoms with van der Waals surface area (Å²) in [5.41, 5.74) is 7.63. The molecule has 0 bridgehead atoms. The largest absolute Gasteiger partial charge is 0.399 e. The summed E-state index contributed by atoms with van der Waals surface area (Å²) >= 11 is 0. The summed E-state index contributed by atoms with van der Waals surface area (Å²) < 4.78 is 0. The van der Waals surface area contributed by atoms with Gasteiger partial charge in [-0.05, 0) is 24.6 Å². The number of anilines is 1. The molecule has 0 fully saturated rings. The second-order valence-corrected chi connectivity index (χ2v) is 3.96. The molecule has 0 aliphatic heterocycles. The fourth-order valence-corrected chi connectivity index (χ4v) is 1.60. The van der Waals surface area contributed by atoms with Crippen molar-refractivity contribution in [1.29, 1.82) is 0 Å². The number of rotatable bonds is 3. The highest BCUT2D eigenvalue weighted by atomic mass is 16.1. The van der Waals surface area contributed by atoms with Crippen LogP contribution in [0.5, 0.6) is 0 Å². The third kappa shape index (κ3) is 2.82. The van der Waals surface area contributed by atoms with Gasteiger partial charge in [-0.2, -0.15) is 0 Å². The van der Waals surface area contributed by atoms with E-state index in [1.165, 1.54) is 18.6 Å². The number of aromatic nitrogens is 2. The van der Waals surface area contributed by atoms with Crippen molar-refractivity contribution in [1.82, 2.24) is 15.3 Å². The van der Waals surface area contributed by atoms with E-state index in [2.05, 4.69) is 15.3 Å². The van der Waals surface area contributed by atoms with Gasteiger partial charge in [-0.15, -0.1) is 0 Å². The first kappa shape index (κ1) is 12.0. The Morgan fingerprint density at radius 1 is 1.39 bits per heavy atom. The first-order valence-electron chi connectivity index (χ1n) is 5.59. The van der Waals surface area contributed by atoms with Crippen molar-refractivity contribution in [3.05, 3.63) is 54.1 Å². The molecule has 5 nitrogen and oxygen atoms in total. The SMILES string of the molecule is CC(NC(=O)c1cnccn1)c1cccc(N)c1. The zero-order chi connectivity index (χ0) is 13.0. The topological polar surface area (TPSA) is 80.9 Å². The molecule has 1 heterocycles. The predicted octanol–water partition coefficient (Wildman–Crippen LogP) is 1.55. The number of hydrogen-bond donors (Lipinski definition) is 2. The van der Waals surface area contributed by atoms with E-state index < -0.39 is 0 Å². The summed E-state index contributed by atoms with van der Waals surface area (Å²) in [6, 6.07) is 7.28. The maximum Gasteiger partial charge on any atom is 0.271 e. The van der Waals surface area contributed by atoms with Crippen LogP contribution >= 0.6 is 0 Å². The minimum Gasteiger partial charge on any atom is -0.399 e. The molecule has 0 aliphatic rings. The highest BCUT2D eigenvalue weighted by Crippen LogP contribution is 2.15. The van der Waals surface area contributed by atoms with Crippen molar-refractivity contribution in [3.63, 3.8) is 0 Å². The number of carbonyl (C=O) groups excluding carboxylic acids is 1. The Labute approximate surface area is 105 Å². The van der Waals surface area contributed by atoms with Gasteiger partial charge in [0, 0.05) is 18.1 Å². The number of nitrogens with one attached hydrogen (secondary N) is 1. The summed E-state index contributed by atoms with van der Waals surface area (Å²) in [6.07, 6.45) is 4.44. The van der Waals surface area contributed by atoms with Crippen molar-refractivity contribution < 1.29 is 4.79 Å². The van der Waals surface area contributed by atoms with Crippen LogP contribution in [0.15, 0.2) is 42.9 Å². The third-order valence-electron chi connectivity index (χ3n) is 2.55. The van der Waals surface area contributed by atoms with Crippen molar-refractivity contribution >= 4 is 11.6 Å². The highest BCUT2D eigenvalue weighted by Gasteiger charge is 2.12. The van der Waals surface area contributed by atoms with Crippen LogP contribution in [0.25, 0.3) is 0 Å². The molecule has 0 spiro atoms. The Bertz CT molecular complexity index is 542. The third-order valence-corrected chi connectivity index (χ3v) is 2.55. The molecule has 0 radical (unpaired) electrons. The second kappa shape index (κ2) is 5.27. The quantitative estimate of drug-likeness (QED) is 0.800. The zero-order valence-electron chi connectivity index (χ0n) is 10.00. The van der Waals surface area contributed by atoms with Crippen LogP contribution in [0.4, 0.5) is 5.69 Å². The molecule has 2 rings (SSSR count). The van der Waals surface area contributed by atoms with Crippen molar-refractivity contribution in [2.24, 2.45) is 0 Å². The van der Waals surface area contributed by atoms with E-state index >= 15 is 0 Å². The van der Waals surface area contributed by atoms with Crippen LogP contribution in [-0.4, -0.2) is 15.9 Å². The van der Waals surface area contributed by atoms with Gasteiger partial charge in [0.15, 0.2) is 0 Å². The number of benzene rings is 1. The molecule has 5 heteroatoms. The first-order chi connectivity index (χ1) is 8.66. The van der Waals surface area contributed by atoms with E-state index in [0.717, 1.165) is 5.56 Å². The molecule has 18 heavy (non-hydrogen) atoms. The van der Waals surface area contributed by atoms with E-state index in [4.69, 9.17) is 5.73 Å². The van der Waals surface area contributed by atoms with Gasteiger partial charge in [-0.1, -0.05) is 12.1 Å². The molecule has 92 valence electrons. The lowest BCUT2D eigenvalue weighted by atomic mass is 10.1. The summed E-state index contributed by atoms with van der Waals surface area (Å²) in [6.45, 7) is 1.89. The normalized spacial score (nSPS) is 11.8. The molecule has 2 aromatic rings. The van der Waals surface area contributed by atoms with E-state index in [1.807, 2.05) is 25.1 Å². The van der Waals surface area contributed by atoms with Crippen LogP contribution in [0.1, 0.15) is 29.0 Å². The fraction of sp³-hybridized carbons (Fsp3) is 0.154. The van der Waals surface area contributed by atoms with Gasteiger partial charge in [0.25, 0.3) is 5.91 Å². The standard InChI is InChI=1S/C13H14N4O/c1-9(10-3-2-4-11(14)7-10)17-13(18)12-8-15-5-6-16-12/h2-9H,14H2,1H3,(H,17,18). The fourth-order valence-electron chi connectivity index (χ4n) is 1.60. The number of nitrogens with two attached hydrogens (primary N) is 1. The minimum absolute atomic E-state index is 0.136. The molecule has 1 aromatic carbocycles. The molecule has 1 aromatic heterocycles. The Balaban J connectivity index is 2.08. The first-order valence-corrected chi connectivity index (χ1v) is 5.59. The van der Waals surface area contributed by atoms with Crippen molar-refractivity contribution in [2.45, 2.75) is 13.0 Å². The van der Waals surface area contributed by atoms with Gasteiger partial charge in [0.05, 0.1) is 12.2 Å². The predicted molar refractivity (Wildman–Crippen MR) is 68.8 cm³/mol. The number of nitrogens with zero attached hydrogens (tertiary/aromatic N) is 2. The van der Waals surface area contributed by atoms with Crippen LogP contribution in [0.3, 0.4) is 0 Å². The van der Waals surface area contributed by atoms with Crippen LogP contribution in [0.2, 0.25) is 0 Å². The Hall–Kier alpha value is -2.43. The lowest BCUT2D eigenvalue weighted by Gasteiger charge is -2.14. The summed E-state index contributed by atoms with van der Waals surface area (Å²) in [7, 11) is 0. The van der Waals surface area contributed by atoms with E-state index in [9.17, 15) is 4.79 Å². The maximum atomic E-state index is 11.9. The lowest BCUT2D eigenvalue weighted by Crippen LogP contribution is -2.27. The molecule has 1 unspecified atom stereocenters. The summed E-state index contributed by atoms with van der Waals surface area (Å²) in [5.74, 6) is -0.252. The van der Waals surface area contributed by atoms with E-state index in [0.29, 0.717) is 11.4 Å². The van der Waals surface area contributed by atoms with Gasteiger partial charge in [0.1, 0.15) is 5.69 Å². The molecule has 1 atom stereocenters. The van der Waals surface area contributed by atoms with Gasteiger partial charge >= 0.3 is 0 Å². The lowest BCUT2D eigenvalue weighted by molar-refractivity contribution is 0.0934. The average molecular weight is 242 g/mol. The summed E-state index contributed by atoms with van der Waals surface area (Å²) in [4.78, 5) is 19.7. The molecule has 3 N–H and O–H groups in total. The van der Waals surface area contributed by atoms with Crippen molar-refractivity contribution in [3.8, 4) is 0 Å². The maximum absolute atomic E-state index is 11.9. The zero-order valence-corrected chi connectivity index (χ0v) is 10.00. The van der Waals surface area contributed by atoms with Crippen LogP contribution in [-0.2, 0) is 0 Å². The number of amides is 1. The summed E-state index contributed by atoms with van der Waals surface area (Å²) in [5, 5.41) is 2.84. The monoisotopic (exact) mass is 242 g/mol.